The highest BCUT2D eigenvalue weighted by atomic mass is 19.1. The number of halogens is 1. The molecule has 1 aliphatic carbocycles. The first-order valence-corrected chi connectivity index (χ1v) is 13.6. The van der Waals surface area contributed by atoms with Gasteiger partial charge in [0.1, 0.15) is 5.67 Å². The van der Waals surface area contributed by atoms with Crippen LogP contribution in [0.1, 0.15) is 80.3 Å². The zero-order valence-electron chi connectivity index (χ0n) is 21.4. The van der Waals surface area contributed by atoms with Gasteiger partial charge in [0.25, 0.3) is 11.5 Å². The van der Waals surface area contributed by atoms with E-state index in [-0.39, 0.29) is 11.5 Å². The second-order valence-corrected chi connectivity index (χ2v) is 11.4. The average Bonchev–Trinajstić information content (AvgIpc) is 3.54. The van der Waals surface area contributed by atoms with Gasteiger partial charge in [-0.3, -0.25) is 14.3 Å². The molecule has 0 bridgehead atoms. The van der Waals surface area contributed by atoms with Crippen LogP contribution in [-0.4, -0.2) is 68.4 Å². The normalized spacial score (nSPS) is 22.1. The molecule has 3 fully saturated rings. The fraction of sp³-hybridized carbons (Fsp3) is 0.607. The van der Waals surface area contributed by atoms with Gasteiger partial charge in [0.05, 0.1) is 28.7 Å². The van der Waals surface area contributed by atoms with Gasteiger partial charge in [0, 0.05) is 43.2 Å². The predicted octanol–water partition coefficient (Wildman–Crippen LogP) is 4.73. The highest BCUT2D eigenvalue weighted by Crippen LogP contribution is 2.34. The molecule has 0 unspecified atom stereocenters. The van der Waals surface area contributed by atoms with Gasteiger partial charge in [0.2, 0.25) is 0 Å². The molecule has 1 amide bonds. The Morgan fingerprint density at radius 1 is 1.03 bits per heavy atom. The molecule has 1 aromatic carbocycles. The summed E-state index contributed by atoms with van der Waals surface area (Å²) in [6.45, 7) is 6.69. The number of fused-ring (bicyclic) bond motifs is 3. The molecule has 1 N–H and O–H groups in total. The van der Waals surface area contributed by atoms with Crippen LogP contribution in [0.5, 0.6) is 0 Å². The van der Waals surface area contributed by atoms with E-state index >= 15 is 0 Å². The van der Waals surface area contributed by atoms with E-state index in [0.717, 1.165) is 60.8 Å². The first-order chi connectivity index (χ1) is 17.3. The summed E-state index contributed by atoms with van der Waals surface area (Å²) in [5.74, 6) is 0.0501. The number of pyridine rings is 1. The van der Waals surface area contributed by atoms with Gasteiger partial charge in [-0.25, -0.2) is 4.39 Å². The number of alkyl halides is 1. The monoisotopic (exact) mass is 493 g/mol. The maximum atomic E-state index is 14.2. The fourth-order valence-corrected chi connectivity index (χ4v) is 6.61. The summed E-state index contributed by atoms with van der Waals surface area (Å²) in [7, 11) is 0. The SMILES string of the molecule is Cc1cc2[nH]c(=O)c3cnn(C4CCCC4)c3c2cc1C(=O)N1CCC(N2CCC(C)(F)CC2)CC1. The predicted molar refractivity (Wildman–Crippen MR) is 139 cm³/mol. The molecule has 7 nitrogen and oxygen atoms in total. The molecule has 192 valence electrons. The minimum atomic E-state index is -1.04. The third kappa shape index (κ3) is 4.13. The summed E-state index contributed by atoms with van der Waals surface area (Å²) in [4.78, 5) is 33.9. The van der Waals surface area contributed by atoms with Crippen LogP contribution in [0.4, 0.5) is 4.39 Å². The molecule has 0 atom stereocenters. The van der Waals surface area contributed by atoms with Crippen LogP contribution in [0, 0.1) is 6.92 Å². The van der Waals surface area contributed by atoms with Gasteiger partial charge in [-0.2, -0.15) is 5.10 Å². The number of hydrogen-bond acceptors (Lipinski definition) is 4. The summed E-state index contributed by atoms with van der Waals surface area (Å²) in [6.07, 6.45) is 9.20. The van der Waals surface area contributed by atoms with Crippen molar-refractivity contribution < 1.29 is 9.18 Å². The third-order valence-electron chi connectivity index (χ3n) is 8.92. The van der Waals surface area contributed by atoms with Crippen molar-refractivity contribution in [2.24, 2.45) is 0 Å². The molecule has 2 saturated heterocycles. The highest BCUT2D eigenvalue weighted by Gasteiger charge is 2.34. The van der Waals surface area contributed by atoms with Gasteiger partial charge < -0.3 is 14.8 Å². The van der Waals surface area contributed by atoms with E-state index in [1.165, 1.54) is 12.8 Å². The lowest BCUT2D eigenvalue weighted by molar-refractivity contribution is 0.0286. The maximum Gasteiger partial charge on any atom is 0.259 e. The number of aryl methyl sites for hydroxylation is 1. The lowest BCUT2D eigenvalue weighted by Crippen LogP contribution is -2.50. The number of amides is 1. The Kier molecular flexibility index (Phi) is 5.90. The Labute approximate surface area is 210 Å². The quantitative estimate of drug-likeness (QED) is 0.573. The maximum absolute atomic E-state index is 14.2. The number of rotatable bonds is 3. The fourth-order valence-electron chi connectivity index (χ4n) is 6.61. The first-order valence-electron chi connectivity index (χ1n) is 13.6. The Morgan fingerprint density at radius 2 is 1.72 bits per heavy atom. The molecule has 1 saturated carbocycles. The van der Waals surface area contributed by atoms with Crippen LogP contribution < -0.4 is 5.56 Å². The summed E-state index contributed by atoms with van der Waals surface area (Å²) in [6, 6.07) is 4.63. The molecular formula is C28H36FN5O2. The molecule has 4 heterocycles. The summed E-state index contributed by atoms with van der Waals surface area (Å²) in [5.41, 5.74) is 2.00. The molecule has 36 heavy (non-hydrogen) atoms. The van der Waals surface area contributed by atoms with Crippen molar-refractivity contribution in [1.29, 1.82) is 0 Å². The zero-order chi connectivity index (χ0) is 25.0. The van der Waals surface area contributed by atoms with Crippen LogP contribution in [0.3, 0.4) is 0 Å². The topological polar surface area (TPSA) is 74.2 Å². The van der Waals surface area contributed by atoms with E-state index in [9.17, 15) is 14.0 Å². The van der Waals surface area contributed by atoms with E-state index in [1.54, 1.807) is 13.1 Å². The van der Waals surface area contributed by atoms with E-state index in [1.807, 2.05) is 28.6 Å². The van der Waals surface area contributed by atoms with Gasteiger partial charge in [-0.1, -0.05) is 12.8 Å². The van der Waals surface area contributed by atoms with Crippen molar-refractivity contribution in [2.75, 3.05) is 26.2 Å². The molecule has 2 aromatic heterocycles. The highest BCUT2D eigenvalue weighted by molar-refractivity contribution is 6.07. The Bertz CT molecular complexity index is 1350. The van der Waals surface area contributed by atoms with Crippen molar-refractivity contribution in [3.8, 4) is 0 Å². The van der Waals surface area contributed by atoms with Crippen LogP contribution in [-0.2, 0) is 0 Å². The van der Waals surface area contributed by atoms with Crippen LogP contribution >= 0.6 is 0 Å². The number of carbonyl (C=O) groups is 1. The molecule has 3 aliphatic rings. The molecule has 0 spiro atoms. The second-order valence-electron chi connectivity index (χ2n) is 11.4. The smallest absolute Gasteiger partial charge is 0.259 e. The third-order valence-corrected chi connectivity index (χ3v) is 8.92. The van der Waals surface area contributed by atoms with Crippen molar-refractivity contribution in [3.63, 3.8) is 0 Å². The van der Waals surface area contributed by atoms with E-state index in [2.05, 4.69) is 15.0 Å². The number of piperidine rings is 2. The number of aromatic amines is 1. The largest absolute Gasteiger partial charge is 0.339 e. The molecule has 2 aliphatic heterocycles. The summed E-state index contributed by atoms with van der Waals surface area (Å²) < 4.78 is 16.2. The minimum absolute atomic E-state index is 0.0501. The molecular weight excluding hydrogens is 457 g/mol. The number of hydrogen-bond donors (Lipinski definition) is 1. The van der Waals surface area contributed by atoms with E-state index in [4.69, 9.17) is 0 Å². The van der Waals surface area contributed by atoms with Crippen molar-refractivity contribution in [2.45, 2.75) is 83.0 Å². The standard InChI is InChI=1S/C28H36FN5O2/c1-18-15-24-22(25-23(26(35)31-24)17-30-34(25)20-5-3-4-6-20)16-21(18)27(36)33-11-7-19(8-12-33)32-13-9-28(2,29)10-14-32/h15-17,19-20H,3-14H2,1-2H3,(H,31,35). The number of carbonyl (C=O) groups excluding carboxylic acids is 1. The lowest BCUT2D eigenvalue weighted by atomic mass is 9.92. The average molecular weight is 494 g/mol. The summed E-state index contributed by atoms with van der Waals surface area (Å²) in [5, 5.41) is 6.09. The van der Waals surface area contributed by atoms with Crippen molar-refractivity contribution >= 4 is 27.7 Å². The Hall–Kier alpha value is -2.74. The van der Waals surface area contributed by atoms with Gasteiger partial charge >= 0.3 is 0 Å². The van der Waals surface area contributed by atoms with Crippen molar-refractivity contribution in [1.82, 2.24) is 24.6 Å². The van der Waals surface area contributed by atoms with Crippen molar-refractivity contribution in [3.05, 3.63) is 39.8 Å². The van der Waals surface area contributed by atoms with E-state index in [0.29, 0.717) is 49.0 Å². The van der Waals surface area contributed by atoms with Crippen LogP contribution in [0.2, 0.25) is 0 Å². The first kappa shape index (κ1) is 23.6. The van der Waals surface area contributed by atoms with E-state index < -0.39 is 5.67 Å². The Morgan fingerprint density at radius 3 is 2.42 bits per heavy atom. The number of aromatic nitrogens is 3. The molecule has 6 rings (SSSR count). The summed E-state index contributed by atoms with van der Waals surface area (Å²) >= 11 is 0. The molecule has 0 radical (unpaired) electrons. The van der Waals surface area contributed by atoms with Gasteiger partial charge in [-0.05, 0) is 70.1 Å². The lowest BCUT2D eigenvalue weighted by Gasteiger charge is -2.42. The minimum Gasteiger partial charge on any atom is -0.339 e. The Balaban J connectivity index is 1.27. The number of H-pyrrole nitrogens is 1. The molecule has 3 aromatic rings. The second kappa shape index (κ2) is 8.98. The van der Waals surface area contributed by atoms with Gasteiger partial charge in [-0.15, -0.1) is 0 Å². The van der Waals surface area contributed by atoms with Crippen LogP contribution in [0.15, 0.2) is 23.1 Å². The van der Waals surface area contributed by atoms with Crippen LogP contribution in [0.25, 0.3) is 21.8 Å². The number of nitrogens with one attached hydrogen (secondary N) is 1. The number of benzene rings is 1. The number of nitrogens with zero attached hydrogens (tertiary/aromatic N) is 4. The number of likely N-dealkylation sites (tertiary alicyclic amines) is 2. The zero-order valence-corrected chi connectivity index (χ0v) is 21.4. The molecule has 8 heteroatoms. The van der Waals surface area contributed by atoms with Gasteiger partial charge in [0.15, 0.2) is 0 Å².